The molecule has 0 aromatic heterocycles. The summed E-state index contributed by atoms with van der Waals surface area (Å²) in [6.07, 6.45) is 0. The Balaban J connectivity index is 2.32. The highest BCUT2D eigenvalue weighted by Gasteiger charge is 2.13. The van der Waals surface area contributed by atoms with Crippen LogP contribution in [-0.2, 0) is 9.84 Å². The molecule has 0 aliphatic rings. The van der Waals surface area contributed by atoms with E-state index in [1.807, 2.05) is 30.3 Å². The molecule has 0 unspecified atom stereocenters. The van der Waals surface area contributed by atoms with Crippen LogP contribution in [0.1, 0.15) is 17.3 Å². The summed E-state index contributed by atoms with van der Waals surface area (Å²) in [5.41, 5.74) is 0.306. The Hall–Kier alpha value is -2.55. The Labute approximate surface area is 116 Å². The van der Waals surface area contributed by atoms with Gasteiger partial charge in [-0.25, -0.2) is 4.79 Å². The summed E-state index contributed by atoms with van der Waals surface area (Å²) >= 11 is 0. The highest BCUT2D eigenvalue weighted by atomic mass is 16.5. The zero-order valence-corrected chi connectivity index (χ0v) is 11.1. The molecule has 0 N–H and O–H groups in total. The fourth-order valence-corrected chi connectivity index (χ4v) is 2.41. The molecule has 0 bridgehead atoms. The standard InChI is InChI=1S/C17H13O3/c1-2-20-17(19)12-9-15-13-6-4-3-5-11(13)7-8-14(15)16(18)10-12/h3-10H,2H2,1H3. The van der Waals surface area contributed by atoms with Crippen molar-refractivity contribution in [2.75, 3.05) is 6.61 Å². The molecule has 0 amide bonds. The number of esters is 1. The Morgan fingerprint density at radius 1 is 1.00 bits per heavy atom. The van der Waals surface area contributed by atoms with E-state index in [0.717, 1.165) is 16.2 Å². The van der Waals surface area contributed by atoms with Crippen LogP contribution >= 0.6 is 0 Å². The first-order valence-electron chi connectivity index (χ1n) is 6.50. The van der Waals surface area contributed by atoms with E-state index in [2.05, 4.69) is 0 Å². The molecule has 3 heteroatoms. The molecule has 3 aromatic carbocycles. The number of carbonyl (C=O) groups excluding carboxylic acids is 1. The zero-order valence-electron chi connectivity index (χ0n) is 11.1. The van der Waals surface area contributed by atoms with Crippen LogP contribution in [0, 0.1) is 0 Å². The summed E-state index contributed by atoms with van der Waals surface area (Å²) in [4.78, 5) is 11.8. The highest BCUT2D eigenvalue weighted by molar-refractivity contribution is 6.11. The minimum absolute atomic E-state index is 0.156. The normalized spacial score (nSPS) is 10.8. The lowest BCUT2D eigenvalue weighted by Crippen LogP contribution is -2.04. The molecule has 0 atom stereocenters. The van der Waals surface area contributed by atoms with E-state index in [0.29, 0.717) is 17.6 Å². The maximum Gasteiger partial charge on any atom is 0.338 e. The van der Waals surface area contributed by atoms with E-state index < -0.39 is 5.97 Å². The van der Waals surface area contributed by atoms with Gasteiger partial charge in [0.25, 0.3) is 0 Å². The highest BCUT2D eigenvalue weighted by Crippen LogP contribution is 2.32. The Kier molecular flexibility index (Phi) is 3.03. The van der Waals surface area contributed by atoms with E-state index >= 15 is 0 Å². The molecule has 0 aliphatic heterocycles. The summed E-state index contributed by atoms with van der Waals surface area (Å²) in [6.45, 7) is 2.03. The number of carbonyl (C=O) groups is 1. The van der Waals surface area contributed by atoms with Gasteiger partial charge >= 0.3 is 5.97 Å². The number of rotatable bonds is 2. The molecule has 0 fully saturated rings. The first kappa shape index (κ1) is 12.5. The third-order valence-electron chi connectivity index (χ3n) is 3.33. The van der Waals surface area contributed by atoms with Gasteiger partial charge in [0, 0.05) is 11.5 Å². The van der Waals surface area contributed by atoms with Crippen molar-refractivity contribution in [3.8, 4) is 5.75 Å². The molecular formula is C17H13O3. The lowest BCUT2D eigenvalue weighted by atomic mass is 9.99. The third-order valence-corrected chi connectivity index (χ3v) is 3.33. The van der Waals surface area contributed by atoms with E-state index in [1.165, 1.54) is 6.07 Å². The topological polar surface area (TPSA) is 46.2 Å². The van der Waals surface area contributed by atoms with Gasteiger partial charge in [0.1, 0.15) is 0 Å². The Morgan fingerprint density at radius 2 is 1.80 bits per heavy atom. The fourth-order valence-electron chi connectivity index (χ4n) is 2.41. The second kappa shape index (κ2) is 4.85. The summed E-state index contributed by atoms with van der Waals surface area (Å²) in [5.74, 6) is -0.615. The van der Waals surface area contributed by atoms with Crippen molar-refractivity contribution in [1.82, 2.24) is 0 Å². The maximum atomic E-state index is 12.1. The lowest BCUT2D eigenvalue weighted by Gasteiger charge is -2.07. The van der Waals surface area contributed by atoms with Crippen LogP contribution in [-0.4, -0.2) is 12.6 Å². The molecule has 3 rings (SSSR count). The molecule has 99 valence electrons. The predicted molar refractivity (Wildman–Crippen MR) is 77.5 cm³/mol. The number of benzene rings is 3. The molecule has 0 aliphatic carbocycles. The van der Waals surface area contributed by atoms with E-state index in [9.17, 15) is 9.90 Å². The SMILES string of the molecule is CCOC(=O)c1cc([O])c2ccc3ccccc3c2c1. The second-order valence-electron chi connectivity index (χ2n) is 4.58. The quantitative estimate of drug-likeness (QED) is 0.512. The van der Waals surface area contributed by atoms with E-state index in [4.69, 9.17) is 4.74 Å². The maximum absolute atomic E-state index is 12.1. The van der Waals surface area contributed by atoms with Crippen molar-refractivity contribution >= 4 is 27.5 Å². The molecule has 20 heavy (non-hydrogen) atoms. The summed E-state index contributed by atoms with van der Waals surface area (Å²) < 4.78 is 4.97. The van der Waals surface area contributed by atoms with Crippen LogP contribution in [0.3, 0.4) is 0 Å². The average Bonchev–Trinajstić information content (AvgIpc) is 2.47. The van der Waals surface area contributed by atoms with Crippen molar-refractivity contribution in [1.29, 1.82) is 0 Å². The predicted octanol–water partition coefficient (Wildman–Crippen LogP) is 4.31. The molecule has 0 saturated carbocycles. The average molecular weight is 265 g/mol. The van der Waals surface area contributed by atoms with Crippen LogP contribution < -0.4 is 0 Å². The van der Waals surface area contributed by atoms with Crippen LogP contribution in [0.4, 0.5) is 0 Å². The Bertz CT molecular complexity index is 806. The number of hydrogen-bond acceptors (Lipinski definition) is 2. The molecule has 3 aromatic rings. The first-order valence-corrected chi connectivity index (χ1v) is 6.50. The molecule has 0 saturated heterocycles. The molecule has 0 spiro atoms. The van der Waals surface area contributed by atoms with E-state index in [1.54, 1.807) is 19.1 Å². The van der Waals surface area contributed by atoms with Crippen molar-refractivity contribution in [2.45, 2.75) is 6.92 Å². The first-order chi connectivity index (χ1) is 9.70. The number of ether oxygens (including phenoxy) is 1. The molecule has 3 nitrogen and oxygen atoms in total. The van der Waals surface area contributed by atoms with E-state index in [-0.39, 0.29) is 5.75 Å². The number of fused-ring (bicyclic) bond motifs is 3. The van der Waals surface area contributed by atoms with Crippen molar-refractivity contribution in [2.24, 2.45) is 0 Å². The smallest absolute Gasteiger partial charge is 0.338 e. The van der Waals surface area contributed by atoms with Crippen LogP contribution in [0.25, 0.3) is 21.5 Å². The summed E-state index contributed by atoms with van der Waals surface area (Å²) in [5, 5.41) is 15.6. The van der Waals surface area contributed by atoms with Gasteiger partial charge in [0.2, 0.25) is 0 Å². The van der Waals surface area contributed by atoms with Crippen molar-refractivity contribution in [3.63, 3.8) is 0 Å². The van der Waals surface area contributed by atoms with Gasteiger partial charge in [-0.05, 0) is 35.2 Å². The molecular weight excluding hydrogens is 252 g/mol. The molecule has 1 radical (unpaired) electrons. The monoisotopic (exact) mass is 265 g/mol. The van der Waals surface area contributed by atoms with Gasteiger partial charge in [-0.1, -0.05) is 30.3 Å². The van der Waals surface area contributed by atoms with Gasteiger partial charge < -0.3 is 4.74 Å². The fraction of sp³-hybridized carbons (Fsp3) is 0.118. The van der Waals surface area contributed by atoms with Crippen molar-refractivity contribution < 1.29 is 14.6 Å². The van der Waals surface area contributed by atoms with Gasteiger partial charge in [0.05, 0.1) is 12.2 Å². The van der Waals surface area contributed by atoms with Gasteiger partial charge in [0.15, 0.2) is 5.75 Å². The lowest BCUT2D eigenvalue weighted by molar-refractivity contribution is 0.0526. The van der Waals surface area contributed by atoms with Gasteiger partial charge in [-0.3, -0.25) is 5.11 Å². The van der Waals surface area contributed by atoms with Crippen LogP contribution in [0.5, 0.6) is 5.75 Å². The minimum atomic E-state index is -0.459. The summed E-state index contributed by atoms with van der Waals surface area (Å²) in [6, 6.07) is 14.6. The second-order valence-corrected chi connectivity index (χ2v) is 4.58. The van der Waals surface area contributed by atoms with Gasteiger partial charge in [-0.2, -0.15) is 0 Å². The minimum Gasteiger partial charge on any atom is -0.462 e. The zero-order chi connectivity index (χ0) is 14.1. The van der Waals surface area contributed by atoms with Crippen LogP contribution in [0.15, 0.2) is 48.5 Å². The van der Waals surface area contributed by atoms with Gasteiger partial charge in [-0.15, -0.1) is 0 Å². The Morgan fingerprint density at radius 3 is 2.60 bits per heavy atom. The largest absolute Gasteiger partial charge is 0.462 e. The van der Waals surface area contributed by atoms with Crippen molar-refractivity contribution in [3.05, 3.63) is 54.1 Å². The number of hydrogen-bond donors (Lipinski definition) is 0. The van der Waals surface area contributed by atoms with Crippen LogP contribution in [0.2, 0.25) is 0 Å². The summed E-state index contributed by atoms with van der Waals surface area (Å²) in [7, 11) is 0. The molecule has 0 heterocycles. The third kappa shape index (κ3) is 1.97.